The minimum atomic E-state index is 0.641. The van der Waals surface area contributed by atoms with Crippen LogP contribution in [-0.2, 0) is 0 Å². The molecule has 17 heavy (non-hydrogen) atoms. The topological polar surface area (TPSA) is 12.5 Å². The molecule has 1 heterocycles. The number of ether oxygens (including phenoxy) is 1. The molecule has 1 aromatic carbocycles. The van der Waals surface area contributed by atoms with Crippen LogP contribution in [0.4, 0.5) is 5.69 Å². The number of halogens is 1. The van der Waals surface area contributed by atoms with Gasteiger partial charge in [-0.25, -0.2) is 0 Å². The van der Waals surface area contributed by atoms with Gasteiger partial charge in [-0.2, -0.15) is 0 Å². The maximum absolute atomic E-state index is 5.30. The Morgan fingerprint density at radius 1 is 1.24 bits per heavy atom. The van der Waals surface area contributed by atoms with Crippen molar-refractivity contribution in [2.45, 2.75) is 25.7 Å². The zero-order valence-electron chi connectivity index (χ0n) is 10.2. The van der Waals surface area contributed by atoms with Crippen LogP contribution in [-0.4, -0.2) is 20.2 Å². The summed E-state index contributed by atoms with van der Waals surface area (Å²) in [6, 6.07) is 6.21. The summed E-state index contributed by atoms with van der Waals surface area (Å²) >= 11 is 3.63. The zero-order chi connectivity index (χ0) is 11.9. The third-order valence-corrected chi connectivity index (χ3v) is 4.88. The number of benzene rings is 1. The molecule has 1 aliphatic heterocycles. The van der Waals surface area contributed by atoms with Gasteiger partial charge in [-0.15, -0.1) is 0 Å². The highest BCUT2D eigenvalue weighted by Crippen LogP contribution is 2.48. The van der Waals surface area contributed by atoms with E-state index in [2.05, 4.69) is 33.0 Å². The van der Waals surface area contributed by atoms with E-state index in [1.165, 1.54) is 48.9 Å². The van der Waals surface area contributed by atoms with E-state index in [9.17, 15) is 0 Å². The van der Waals surface area contributed by atoms with Gasteiger partial charge in [0.05, 0.1) is 12.8 Å². The second-order valence-electron chi connectivity index (χ2n) is 5.38. The summed E-state index contributed by atoms with van der Waals surface area (Å²) in [5.74, 6) is 0.940. The van der Waals surface area contributed by atoms with Crippen LogP contribution in [0.5, 0.6) is 5.75 Å². The quantitative estimate of drug-likeness (QED) is 0.822. The Balaban J connectivity index is 1.77. The molecule has 0 bridgehead atoms. The van der Waals surface area contributed by atoms with Gasteiger partial charge in [0.15, 0.2) is 0 Å². The van der Waals surface area contributed by atoms with Crippen molar-refractivity contribution in [3.05, 3.63) is 22.7 Å². The lowest BCUT2D eigenvalue weighted by atomic mass is 9.78. The molecule has 1 spiro atoms. The molecule has 2 nitrogen and oxygen atoms in total. The van der Waals surface area contributed by atoms with E-state index in [1.54, 1.807) is 7.11 Å². The Kier molecular flexibility index (Phi) is 2.81. The smallest absolute Gasteiger partial charge is 0.121 e. The number of rotatable bonds is 2. The average molecular weight is 296 g/mol. The first kappa shape index (κ1) is 11.4. The summed E-state index contributed by atoms with van der Waals surface area (Å²) in [6.07, 6.45) is 5.69. The van der Waals surface area contributed by atoms with Gasteiger partial charge in [-0.05, 0) is 40.9 Å². The van der Waals surface area contributed by atoms with Gasteiger partial charge in [0, 0.05) is 29.0 Å². The lowest BCUT2D eigenvalue weighted by Crippen LogP contribution is -2.55. The minimum absolute atomic E-state index is 0.641. The second kappa shape index (κ2) is 4.20. The number of methoxy groups -OCH3 is 1. The van der Waals surface area contributed by atoms with Gasteiger partial charge in [0.1, 0.15) is 5.75 Å². The van der Waals surface area contributed by atoms with Crippen LogP contribution >= 0.6 is 15.9 Å². The maximum atomic E-state index is 5.30. The SMILES string of the molecule is COc1ccc(Br)c(N2CC3(CCCC3)C2)c1. The lowest BCUT2D eigenvalue weighted by Gasteiger charge is -2.50. The predicted molar refractivity (Wildman–Crippen MR) is 73.8 cm³/mol. The Morgan fingerprint density at radius 2 is 1.94 bits per heavy atom. The summed E-state index contributed by atoms with van der Waals surface area (Å²) in [6.45, 7) is 2.44. The Morgan fingerprint density at radius 3 is 2.59 bits per heavy atom. The maximum Gasteiger partial charge on any atom is 0.121 e. The predicted octanol–water partition coefficient (Wildman–Crippen LogP) is 3.84. The highest BCUT2D eigenvalue weighted by Gasteiger charge is 2.45. The number of hydrogen-bond donors (Lipinski definition) is 0. The first-order valence-corrected chi connectivity index (χ1v) is 7.10. The first-order chi connectivity index (χ1) is 8.22. The molecule has 1 aliphatic carbocycles. The van der Waals surface area contributed by atoms with Crippen LogP contribution in [0, 0.1) is 5.41 Å². The molecular formula is C14H18BrNO. The summed E-state index contributed by atoms with van der Waals surface area (Å²) in [7, 11) is 1.72. The van der Waals surface area contributed by atoms with E-state index in [-0.39, 0.29) is 0 Å². The van der Waals surface area contributed by atoms with E-state index in [0.717, 1.165) is 5.75 Å². The molecule has 1 saturated heterocycles. The van der Waals surface area contributed by atoms with Crippen molar-refractivity contribution < 1.29 is 4.74 Å². The molecule has 0 radical (unpaired) electrons. The Hall–Kier alpha value is -0.700. The fourth-order valence-corrected chi connectivity index (χ4v) is 3.73. The molecular weight excluding hydrogens is 278 g/mol. The van der Waals surface area contributed by atoms with Gasteiger partial charge >= 0.3 is 0 Å². The number of anilines is 1. The van der Waals surface area contributed by atoms with Crippen LogP contribution < -0.4 is 9.64 Å². The van der Waals surface area contributed by atoms with E-state index < -0.39 is 0 Å². The van der Waals surface area contributed by atoms with Crippen LogP contribution in [0.15, 0.2) is 22.7 Å². The van der Waals surface area contributed by atoms with Gasteiger partial charge < -0.3 is 9.64 Å². The zero-order valence-corrected chi connectivity index (χ0v) is 11.8. The van der Waals surface area contributed by atoms with Crippen LogP contribution in [0.25, 0.3) is 0 Å². The second-order valence-corrected chi connectivity index (χ2v) is 6.23. The van der Waals surface area contributed by atoms with Crippen molar-refractivity contribution in [2.24, 2.45) is 5.41 Å². The fraction of sp³-hybridized carbons (Fsp3) is 0.571. The van der Waals surface area contributed by atoms with E-state index in [1.807, 2.05) is 6.07 Å². The van der Waals surface area contributed by atoms with Gasteiger partial charge in [-0.1, -0.05) is 12.8 Å². The molecule has 0 unspecified atom stereocenters. The van der Waals surface area contributed by atoms with Crippen LogP contribution in [0.2, 0.25) is 0 Å². The Bertz CT molecular complexity index is 418. The Labute approximate surface area is 111 Å². The third-order valence-electron chi connectivity index (χ3n) is 4.21. The van der Waals surface area contributed by atoms with Crippen molar-refractivity contribution in [1.82, 2.24) is 0 Å². The molecule has 2 aliphatic rings. The molecule has 3 rings (SSSR count). The first-order valence-electron chi connectivity index (χ1n) is 6.31. The molecule has 1 aromatic rings. The van der Waals surface area contributed by atoms with Crippen molar-refractivity contribution >= 4 is 21.6 Å². The van der Waals surface area contributed by atoms with Crippen LogP contribution in [0.3, 0.4) is 0 Å². The minimum Gasteiger partial charge on any atom is -0.497 e. The number of nitrogens with zero attached hydrogens (tertiary/aromatic N) is 1. The monoisotopic (exact) mass is 295 g/mol. The largest absolute Gasteiger partial charge is 0.497 e. The summed E-state index contributed by atoms with van der Waals surface area (Å²) in [5, 5.41) is 0. The molecule has 3 heteroatoms. The molecule has 2 fully saturated rings. The highest BCUT2D eigenvalue weighted by atomic mass is 79.9. The van der Waals surface area contributed by atoms with E-state index >= 15 is 0 Å². The van der Waals surface area contributed by atoms with E-state index in [0.29, 0.717) is 5.41 Å². The summed E-state index contributed by atoms with van der Waals surface area (Å²) < 4.78 is 6.47. The van der Waals surface area contributed by atoms with Gasteiger partial charge in [0.25, 0.3) is 0 Å². The molecule has 92 valence electrons. The normalized spacial score (nSPS) is 21.6. The third kappa shape index (κ3) is 1.95. The lowest BCUT2D eigenvalue weighted by molar-refractivity contribution is 0.221. The van der Waals surface area contributed by atoms with Crippen molar-refractivity contribution in [3.8, 4) is 5.75 Å². The van der Waals surface area contributed by atoms with Crippen molar-refractivity contribution in [1.29, 1.82) is 0 Å². The van der Waals surface area contributed by atoms with Crippen molar-refractivity contribution in [2.75, 3.05) is 25.1 Å². The standard InChI is InChI=1S/C14H18BrNO/c1-17-11-4-5-12(15)13(8-11)16-9-14(10-16)6-2-3-7-14/h4-5,8H,2-3,6-7,9-10H2,1H3. The number of hydrogen-bond acceptors (Lipinski definition) is 2. The molecule has 1 saturated carbocycles. The fourth-order valence-electron chi connectivity index (χ4n) is 3.24. The molecule has 0 atom stereocenters. The highest BCUT2D eigenvalue weighted by molar-refractivity contribution is 9.10. The van der Waals surface area contributed by atoms with Crippen LogP contribution in [0.1, 0.15) is 25.7 Å². The van der Waals surface area contributed by atoms with E-state index in [4.69, 9.17) is 4.74 Å². The molecule has 0 N–H and O–H groups in total. The molecule has 0 amide bonds. The van der Waals surface area contributed by atoms with Crippen molar-refractivity contribution in [3.63, 3.8) is 0 Å². The van der Waals surface area contributed by atoms with Gasteiger partial charge in [0.2, 0.25) is 0 Å². The summed E-state index contributed by atoms with van der Waals surface area (Å²) in [5.41, 5.74) is 1.92. The average Bonchev–Trinajstić information content (AvgIpc) is 2.77. The molecule has 0 aromatic heterocycles. The van der Waals surface area contributed by atoms with Gasteiger partial charge in [-0.3, -0.25) is 0 Å². The summed E-state index contributed by atoms with van der Waals surface area (Å²) in [4.78, 5) is 2.47.